The second-order valence-electron chi connectivity index (χ2n) is 3.31. The summed E-state index contributed by atoms with van der Waals surface area (Å²) in [7, 11) is 0. The van der Waals surface area contributed by atoms with Crippen molar-refractivity contribution in [3.8, 4) is 11.6 Å². The lowest BCUT2D eigenvalue weighted by molar-refractivity contribution is 0.450. The molecule has 0 spiro atoms. The number of hydrogen-bond acceptors (Lipinski definition) is 4. The Hall–Kier alpha value is -2.17. The first-order chi connectivity index (χ1) is 7.65. The van der Waals surface area contributed by atoms with Gasteiger partial charge in [-0.05, 0) is 36.8 Å². The maximum Gasteiger partial charge on any atom is 0.239 e. The average Bonchev–Trinajstić information content (AvgIpc) is 2.25. The third kappa shape index (κ3) is 2.25. The van der Waals surface area contributed by atoms with Crippen LogP contribution in [0.5, 0.6) is 11.6 Å². The topological polar surface area (TPSA) is 61.0 Å². The summed E-state index contributed by atoms with van der Waals surface area (Å²) < 4.78 is 18.3. The zero-order valence-corrected chi connectivity index (χ0v) is 8.64. The molecule has 82 valence electrons. The van der Waals surface area contributed by atoms with Crippen molar-refractivity contribution >= 4 is 5.82 Å². The summed E-state index contributed by atoms with van der Waals surface area (Å²) in [5.74, 6) is 0.890. The van der Waals surface area contributed by atoms with E-state index in [0.717, 1.165) is 0 Å². The molecule has 2 rings (SSSR count). The van der Waals surface area contributed by atoms with Crippen molar-refractivity contribution in [1.82, 2.24) is 10.2 Å². The number of nitrogen functional groups attached to an aromatic ring is 1. The summed E-state index contributed by atoms with van der Waals surface area (Å²) in [6, 6.07) is 7.45. The molecule has 1 heterocycles. The Balaban J connectivity index is 2.23. The Labute approximate surface area is 91.9 Å². The smallest absolute Gasteiger partial charge is 0.239 e. The van der Waals surface area contributed by atoms with Crippen LogP contribution >= 0.6 is 0 Å². The average molecular weight is 219 g/mol. The van der Waals surface area contributed by atoms with Gasteiger partial charge in [0.15, 0.2) is 0 Å². The zero-order valence-electron chi connectivity index (χ0n) is 8.64. The number of aromatic nitrogens is 2. The standard InChI is InChI=1S/C11H10FN3O/c1-7-6-8(12)2-3-9(7)16-11-5-4-10(13)14-15-11/h2-6H,1H3,(H2,13,14). The van der Waals surface area contributed by atoms with Crippen molar-refractivity contribution in [2.75, 3.05) is 5.73 Å². The second-order valence-corrected chi connectivity index (χ2v) is 3.31. The van der Waals surface area contributed by atoms with Crippen LogP contribution in [-0.2, 0) is 0 Å². The fourth-order valence-corrected chi connectivity index (χ4v) is 1.22. The van der Waals surface area contributed by atoms with Crippen LogP contribution in [0.25, 0.3) is 0 Å². The number of anilines is 1. The van der Waals surface area contributed by atoms with Gasteiger partial charge in [0.1, 0.15) is 17.4 Å². The summed E-state index contributed by atoms with van der Waals surface area (Å²) in [4.78, 5) is 0. The highest BCUT2D eigenvalue weighted by molar-refractivity contribution is 5.36. The van der Waals surface area contributed by atoms with Gasteiger partial charge < -0.3 is 10.5 Å². The van der Waals surface area contributed by atoms with Gasteiger partial charge in [0.2, 0.25) is 5.88 Å². The third-order valence-electron chi connectivity index (χ3n) is 2.01. The van der Waals surface area contributed by atoms with E-state index in [0.29, 0.717) is 23.0 Å². The molecule has 0 radical (unpaired) electrons. The lowest BCUT2D eigenvalue weighted by Crippen LogP contribution is -1.95. The molecule has 0 atom stereocenters. The number of nitrogens with zero attached hydrogens (tertiary/aromatic N) is 2. The molecule has 4 nitrogen and oxygen atoms in total. The van der Waals surface area contributed by atoms with Crippen LogP contribution in [0.3, 0.4) is 0 Å². The van der Waals surface area contributed by atoms with Crippen molar-refractivity contribution in [2.45, 2.75) is 6.92 Å². The highest BCUT2D eigenvalue weighted by Gasteiger charge is 2.03. The largest absolute Gasteiger partial charge is 0.437 e. The van der Waals surface area contributed by atoms with Crippen LogP contribution < -0.4 is 10.5 Å². The van der Waals surface area contributed by atoms with Crippen molar-refractivity contribution < 1.29 is 9.13 Å². The molecule has 0 unspecified atom stereocenters. The van der Waals surface area contributed by atoms with E-state index in [1.807, 2.05) is 0 Å². The molecule has 16 heavy (non-hydrogen) atoms. The Bertz CT molecular complexity index is 499. The van der Waals surface area contributed by atoms with Crippen LogP contribution in [0.2, 0.25) is 0 Å². The molecular weight excluding hydrogens is 209 g/mol. The molecule has 0 saturated heterocycles. The number of halogens is 1. The predicted octanol–water partition coefficient (Wildman–Crippen LogP) is 2.30. The molecule has 0 aliphatic heterocycles. The van der Waals surface area contributed by atoms with Crippen LogP contribution in [-0.4, -0.2) is 10.2 Å². The van der Waals surface area contributed by atoms with Gasteiger partial charge in [-0.25, -0.2) is 4.39 Å². The van der Waals surface area contributed by atoms with E-state index in [4.69, 9.17) is 10.5 Å². The van der Waals surface area contributed by atoms with E-state index in [2.05, 4.69) is 10.2 Å². The lowest BCUT2D eigenvalue weighted by atomic mass is 10.2. The minimum Gasteiger partial charge on any atom is -0.437 e. The van der Waals surface area contributed by atoms with E-state index in [-0.39, 0.29) is 5.82 Å². The SMILES string of the molecule is Cc1cc(F)ccc1Oc1ccc(N)nn1. The number of nitrogens with two attached hydrogens (primary N) is 1. The van der Waals surface area contributed by atoms with E-state index in [1.165, 1.54) is 12.1 Å². The Morgan fingerprint density at radius 1 is 1.19 bits per heavy atom. The molecule has 0 fully saturated rings. The van der Waals surface area contributed by atoms with Gasteiger partial charge in [0.25, 0.3) is 0 Å². The third-order valence-corrected chi connectivity index (χ3v) is 2.01. The lowest BCUT2D eigenvalue weighted by Gasteiger charge is -2.06. The van der Waals surface area contributed by atoms with E-state index >= 15 is 0 Å². The normalized spacial score (nSPS) is 10.1. The first kappa shape index (κ1) is 10.4. The fourth-order valence-electron chi connectivity index (χ4n) is 1.22. The number of aryl methyl sites for hydroxylation is 1. The summed E-state index contributed by atoms with van der Waals surface area (Å²) in [6.07, 6.45) is 0. The first-order valence-corrected chi connectivity index (χ1v) is 4.68. The van der Waals surface area contributed by atoms with Crippen LogP contribution in [0, 0.1) is 12.7 Å². The summed E-state index contributed by atoms with van der Waals surface area (Å²) in [6.45, 7) is 1.75. The number of hydrogen-bond donors (Lipinski definition) is 1. The minimum absolute atomic E-state index is 0.298. The monoisotopic (exact) mass is 219 g/mol. The maximum absolute atomic E-state index is 12.8. The quantitative estimate of drug-likeness (QED) is 0.841. The van der Waals surface area contributed by atoms with Gasteiger partial charge >= 0.3 is 0 Å². The van der Waals surface area contributed by atoms with E-state index in [9.17, 15) is 4.39 Å². The second kappa shape index (κ2) is 4.14. The van der Waals surface area contributed by atoms with Gasteiger partial charge in [0, 0.05) is 6.07 Å². The molecular formula is C11H10FN3O. The maximum atomic E-state index is 12.8. The first-order valence-electron chi connectivity index (χ1n) is 4.68. The van der Waals surface area contributed by atoms with Crippen LogP contribution in [0.4, 0.5) is 10.2 Å². The zero-order chi connectivity index (χ0) is 11.5. The highest BCUT2D eigenvalue weighted by atomic mass is 19.1. The van der Waals surface area contributed by atoms with Gasteiger partial charge in [0.05, 0.1) is 0 Å². The van der Waals surface area contributed by atoms with Gasteiger partial charge in [-0.1, -0.05) is 0 Å². The molecule has 2 N–H and O–H groups in total. The Morgan fingerprint density at radius 3 is 2.62 bits per heavy atom. The predicted molar refractivity (Wildman–Crippen MR) is 57.7 cm³/mol. The molecule has 0 amide bonds. The van der Waals surface area contributed by atoms with Crippen molar-refractivity contribution in [3.63, 3.8) is 0 Å². The summed E-state index contributed by atoms with van der Waals surface area (Å²) >= 11 is 0. The summed E-state index contributed by atoms with van der Waals surface area (Å²) in [5, 5.41) is 7.40. The Kier molecular flexibility index (Phi) is 2.68. The van der Waals surface area contributed by atoms with Crippen LogP contribution in [0.1, 0.15) is 5.56 Å². The number of benzene rings is 1. The molecule has 2 aromatic rings. The van der Waals surface area contributed by atoms with Crippen molar-refractivity contribution in [1.29, 1.82) is 0 Å². The highest BCUT2D eigenvalue weighted by Crippen LogP contribution is 2.23. The van der Waals surface area contributed by atoms with Gasteiger partial charge in [-0.2, -0.15) is 0 Å². The number of ether oxygens (including phenoxy) is 1. The van der Waals surface area contributed by atoms with E-state index < -0.39 is 0 Å². The molecule has 1 aromatic heterocycles. The van der Waals surface area contributed by atoms with Crippen LogP contribution in [0.15, 0.2) is 30.3 Å². The van der Waals surface area contributed by atoms with E-state index in [1.54, 1.807) is 25.1 Å². The minimum atomic E-state index is -0.298. The molecule has 0 saturated carbocycles. The Morgan fingerprint density at radius 2 is 2.00 bits per heavy atom. The van der Waals surface area contributed by atoms with Crippen molar-refractivity contribution in [2.24, 2.45) is 0 Å². The fraction of sp³-hybridized carbons (Fsp3) is 0.0909. The summed E-state index contributed by atoms with van der Waals surface area (Å²) in [5.41, 5.74) is 6.08. The van der Waals surface area contributed by atoms with Gasteiger partial charge in [-0.15, -0.1) is 10.2 Å². The molecule has 1 aromatic carbocycles. The molecule has 5 heteroatoms. The molecule has 0 aliphatic rings. The molecule has 0 bridgehead atoms. The van der Waals surface area contributed by atoms with Gasteiger partial charge in [-0.3, -0.25) is 0 Å². The number of rotatable bonds is 2. The van der Waals surface area contributed by atoms with Crippen molar-refractivity contribution in [3.05, 3.63) is 41.7 Å². The molecule has 0 aliphatic carbocycles.